The Morgan fingerprint density at radius 3 is 2.50 bits per heavy atom. The Morgan fingerprint density at radius 2 is 1.92 bits per heavy atom. The van der Waals surface area contributed by atoms with Crippen LogP contribution in [0.1, 0.15) is 5.56 Å². The molecule has 0 heterocycles. The molecule has 0 saturated heterocycles. The number of methoxy groups -OCH3 is 1. The summed E-state index contributed by atoms with van der Waals surface area (Å²) in [5, 5.41) is 22.4. The fourth-order valence-corrected chi connectivity index (χ4v) is 1.95. The van der Waals surface area contributed by atoms with Crippen molar-refractivity contribution in [2.24, 2.45) is 0 Å². The molecular formula is C17H13N3O4. The van der Waals surface area contributed by atoms with Crippen molar-refractivity contribution in [1.29, 1.82) is 5.26 Å². The molecular weight excluding hydrogens is 310 g/mol. The summed E-state index contributed by atoms with van der Waals surface area (Å²) in [4.78, 5) is 22.3. The molecule has 0 unspecified atom stereocenters. The van der Waals surface area contributed by atoms with Crippen LogP contribution in [0.25, 0.3) is 6.08 Å². The van der Waals surface area contributed by atoms with E-state index in [9.17, 15) is 20.2 Å². The second-order valence-electron chi connectivity index (χ2n) is 4.67. The van der Waals surface area contributed by atoms with Gasteiger partial charge in [-0.15, -0.1) is 0 Å². The lowest BCUT2D eigenvalue weighted by Crippen LogP contribution is -2.14. The van der Waals surface area contributed by atoms with Crippen LogP contribution in [0.5, 0.6) is 5.75 Å². The first-order valence-corrected chi connectivity index (χ1v) is 6.85. The predicted octanol–water partition coefficient (Wildman–Crippen LogP) is 3.15. The molecule has 7 heteroatoms. The fraction of sp³-hybridized carbons (Fsp3) is 0.0588. The number of ether oxygens (including phenoxy) is 1. The molecule has 2 aromatic rings. The lowest BCUT2D eigenvalue weighted by Gasteiger charge is -2.09. The number of nitro groups is 1. The third kappa shape index (κ3) is 3.96. The van der Waals surface area contributed by atoms with Crippen LogP contribution in [0.3, 0.4) is 0 Å². The molecule has 0 fully saturated rings. The highest BCUT2D eigenvalue weighted by atomic mass is 16.6. The molecule has 0 aliphatic heterocycles. The molecule has 24 heavy (non-hydrogen) atoms. The normalized spacial score (nSPS) is 10.6. The van der Waals surface area contributed by atoms with Crippen molar-refractivity contribution < 1.29 is 14.5 Å². The van der Waals surface area contributed by atoms with Gasteiger partial charge < -0.3 is 10.1 Å². The Kier molecular flexibility index (Phi) is 5.26. The number of non-ortho nitro benzene ring substituents is 1. The Bertz CT molecular complexity index is 836. The monoisotopic (exact) mass is 323 g/mol. The van der Waals surface area contributed by atoms with E-state index >= 15 is 0 Å². The van der Waals surface area contributed by atoms with Gasteiger partial charge in [0.25, 0.3) is 11.6 Å². The van der Waals surface area contributed by atoms with Crippen LogP contribution in [0.2, 0.25) is 0 Å². The molecule has 1 amide bonds. The molecule has 0 saturated carbocycles. The summed E-state index contributed by atoms with van der Waals surface area (Å²) in [5.74, 6) is -0.126. The average molecular weight is 323 g/mol. The zero-order chi connectivity index (χ0) is 17.5. The molecule has 0 aliphatic rings. The van der Waals surface area contributed by atoms with Gasteiger partial charge in [-0.25, -0.2) is 0 Å². The van der Waals surface area contributed by atoms with E-state index < -0.39 is 10.8 Å². The maximum atomic E-state index is 12.2. The second kappa shape index (κ2) is 7.56. The number of nitriles is 1. The number of hydrogen-bond donors (Lipinski definition) is 1. The van der Waals surface area contributed by atoms with Gasteiger partial charge in [0.05, 0.1) is 17.7 Å². The molecule has 0 aromatic heterocycles. The van der Waals surface area contributed by atoms with E-state index in [0.29, 0.717) is 17.0 Å². The van der Waals surface area contributed by atoms with E-state index in [2.05, 4.69) is 5.32 Å². The van der Waals surface area contributed by atoms with Crippen molar-refractivity contribution in [1.82, 2.24) is 0 Å². The van der Waals surface area contributed by atoms with E-state index in [-0.39, 0.29) is 11.3 Å². The van der Waals surface area contributed by atoms with Crippen molar-refractivity contribution in [3.05, 3.63) is 69.8 Å². The molecule has 0 spiro atoms. The summed E-state index contributed by atoms with van der Waals surface area (Å²) in [7, 11) is 1.48. The SMILES string of the molecule is COc1ccccc1NC(=O)/C(C#N)=C/c1ccc([N+](=O)[O-])cc1. The van der Waals surface area contributed by atoms with E-state index in [0.717, 1.165) is 0 Å². The van der Waals surface area contributed by atoms with Crippen molar-refractivity contribution in [3.63, 3.8) is 0 Å². The van der Waals surface area contributed by atoms with Gasteiger partial charge in [-0.3, -0.25) is 14.9 Å². The van der Waals surface area contributed by atoms with Gasteiger partial charge in [-0.2, -0.15) is 5.26 Å². The summed E-state index contributed by atoms with van der Waals surface area (Å²) < 4.78 is 5.13. The maximum absolute atomic E-state index is 12.2. The number of amides is 1. The number of carbonyl (C=O) groups is 1. The van der Waals surface area contributed by atoms with Gasteiger partial charge >= 0.3 is 0 Å². The number of nitrogens with zero attached hydrogens (tertiary/aromatic N) is 2. The average Bonchev–Trinajstić information content (AvgIpc) is 2.60. The Labute approximate surface area is 137 Å². The van der Waals surface area contributed by atoms with Gasteiger partial charge in [0, 0.05) is 12.1 Å². The van der Waals surface area contributed by atoms with Crippen LogP contribution in [0.4, 0.5) is 11.4 Å². The van der Waals surface area contributed by atoms with Crippen LogP contribution in [-0.4, -0.2) is 17.9 Å². The standard InChI is InChI=1S/C17H13N3O4/c1-24-16-5-3-2-4-15(16)19-17(21)13(11-18)10-12-6-8-14(9-7-12)20(22)23/h2-10H,1H3,(H,19,21)/b13-10+. The van der Waals surface area contributed by atoms with Crippen LogP contribution in [0, 0.1) is 21.4 Å². The number of carbonyl (C=O) groups excluding carboxylic acids is 1. The topological polar surface area (TPSA) is 105 Å². The van der Waals surface area contributed by atoms with Crippen molar-refractivity contribution >= 4 is 23.4 Å². The van der Waals surface area contributed by atoms with Crippen molar-refractivity contribution in [2.45, 2.75) is 0 Å². The number of para-hydroxylation sites is 2. The van der Waals surface area contributed by atoms with Gasteiger partial charge in [-0.05, 0) is 35.9 Å². The zero-order valence-corrected chi connectivity index (χ0v) is 12.7. The van der Waals surface area contributed by atoms with E-state index in [1.165, 1.54) is 37.5 Å². The fourth-order valence-electron chi connectivity index (χ4n) is 1.95. The summed E-state index contributed by atoms with van der Waals surface area (Å²) in [5.41, 5.74) is 0.751. The smallest absolute Gasteiger partial charge is 0.269 e. The van der Waals surface area contributed by atoms with Crippen LogP contribution in [-0.2, 0) is 4.79 Å². The van der Waals surface area contributed by atoms with E-state index in [1.54, 1.807) is 24.3 Å². The zero-order valence-electron chi connectivity index (χ0n) is 12.7. The molecule has 0 radical (unpaired) electrons. The van der Waals surface area contributed by atoms with Crippen LogP contribution in [0.15, 0.2) is 54.1 Å². The Morgan fingerprint density at radius 1 is 1.25 bits per heavy atom. The predicted molar refractivity (Wildman–Crippen MR) is 88.3 cm³/mol. The van der Waals surface area contributed by atoms with Gasteiger partial charge in [-0.1, -0.05) is 12.1 Å². The molecule has 1 N–H and O–H groups in total. The molecule has 120 valence electrons. The number of benzene rings is 2. The first-order valence-electron chi connectivity index (χ1n) is 6.85. The summed E-state index contributed by atoms with van der Waals surface area (Å²) >= 11 is 0. The molecule has 2 rings (SSSR count). The molecule has 7 nitrogen and oxygen atoms in total. The van der Waals surface area contributed by atoms with Crippen LogP contribution >= 0.6 is 0 Å². The highest BCUT2D eigenvalue weighted by Crippen LogP contribution is 2.23. The largest absolute Gasteiger partial charge is 0.495 e. The second-order valence-corrected chi connectivity index (χ2v) is 4.67. The number of hydrogen-bond acceptors (Lipinski definition) is 5. The first-order chi connectivity index (χ1) is 11.5. The lowest BCUT2D eigenvalue weighted by atomic mass is 10.1. The summed E-state index contributed by atoms with van der Waals surface area (Å²) in [6.07, 6.45) is 1.36. The Hall–Kier alpha value is -3.66. The molecule has 0 bridgehead atoms. The number of nitro benzene ring substituents is 1. The highest BCUT2D eigenvalue weighted by Gasteiger charge is 2.12. The minimum absolute atomic E-state index is 0.0656. The van der Waals surface area contributed by atoms with Gasteiger partial charge in [0.1, 0.15) is 17.4 Å². The molecule has 0 atom stereocenters. The highest BCUT2D eigenvalue weighted by molar-refractivity contribution is 6.10. The van der Waals surface area contributed by atoms with Crippen molar-refractivity contribution in [2.75, 3.05) is 12.4 Å². The third-order valence-electron chi connectivity index (χ3n) is 3.14. The number of rotatable bonds is 5. The minimum atomic E-state index is -0.597. The van der Waals surface area contributed by atoms with Gasteiger partial charge in [0.2, 0.25) is 0 Å². The van der Waals surface area contributed by atoms with Crippen LogP contribution < -0.4 is 10.1 Å². The molecule has 0 aliphatic carbocycles. The first kappa shape index (κ1) is 16.7. The van der Waals surface area contributed by atoms with E-state index in [1.807, 2.05) is 6.07 Å². The minimum Gasteiger partial charge on any atom is -0.495 e. The van der Waals surface area contributed by atoms with Gasteiger partial charge in [0.15, 0.2) is 0 Å². The Balaban J connectivity index is 2.22. The quantitative estimate of drug-likeness (QED) is 0.394. The maximum Gasteiger partial charge on any atom is 0.269 e. The van der Waals surface area contributed by atoms with E-state index in [4.69, 9.17) is 4.74 Å². The van der Waals surface area contributed by atoms with Crippen molar-refractivity contribution in [3.8, 4) is 11.8 Å². The molecule has 2 aromatic carbocycles. The number of nitrogens with one attached hydrogen (secondary N) is 1. The number of anilines is 1. The third-order valence-corrected chi connectivity index (χ3v) is 3.14. The summed E-state index contributed by atoms with van der Waals surface area (Å²) in [6.45, 7) is 0. The summed E-state index contributed by atoms with van der Waals surface area (Å²) in [6, 6.07) is 14.2. The lowest BCUT2D eigenvalue weighted by molar-refractivity contribution is -0.384.